The third kappa shape index (κ3) is 6.09. The molecule has 0 saturated carbocycles. The number of hydrogen-bond acceptors (Lipinski definition) is 6. The number of halogens is 2. The Morgan fingerprint density at radius 3 is 2.20 bits per heavy atom. The van der Waals surface area contributed by atoms with Gasteiger partial charge in [0, 0.05) is 30.2 Å². The summed E-state index contributed by atoms with van der Waals surface area (Å²) in [5.41, 5.74) is -0.854. The number of rotatable bonds is 9. The van der Waals surface area contributed by atoms with Gasteiger partial charge < -0.3 is 10.0 Å². The van der Waals surface area contributed by atoms with Crippen LogP contribution in [0.5, 0.6) is 0 Å². The number of alkyl halides is 2. The molecule has 0 aliphatic rings. The van der Waals surface area contributed by atoms with Crippen molar-refractivity contribution < 1.29 is 35.5 Å². The summed E-state index contributed by atoms with van der Waals surface area (Å²) in [6.45, 7) is 4.86. The van der Waals surface area contributed by atoms with Crippen LogP contribution < -0.4 is 4.72 Å². The highest BCUT2D eigenvalue weighted by Crippen LogP contribution is 2.35. The maximum absolute atomic E-state index is 14.1. The molecule has 0 spiro atoms. The van der Waals surface area contributed by atoms with Crippen LogP contribution in [-0.4, -0.2) is 60.5 Å². The van der Waals surface area contributed by atoms with Gasteiger partial charge in [0.15, 0.2) is 5.65 Å². The van der Waals surface area contributed by atoms with Gasteiger partial charge in [-0.2, -0.15) is 0 Å². The molecule has 0 atom stereocenters. The fourth-order valence-corrected chi connectivity index (χ4v) is 6.87. The highest BCUT2D eigenvalue weighted by molar-refractivity contribution is 7.90. The molecule has 1 amide bonds. The zero-order valence-electron chi connectivity index (χ0n) is 22.3. The molecule has 2 aromatic heterocycles. The fraction of sp³-hybridized carbons (Fsp3) is 0.259. The van der Waals surface area contributed by atoms with E-state index < -0.39 is 43.8 Å². The van der Waals surface area contributed by atoms with E-state index in [1.54, 1.807) is 26.8 Å². The molecule has 218 valence electrons. The first kappa shape index (κ1) is 30.1. The number of carbonyl (C=O) groups is 1. The van der Waals surface area contributed by atoms with Crippen LogP contribution in [0.4, 0.5) is 13.6 Å². The minimum atomic E-state index is -4.41. The van der Waals surface area contributed by atoms with E-state index in [1.165, 1.54) is 60.8 Å². The number of carboxylic acid groups (broad SMARTS) is 1. The number of fused-ring (bicyclic) bond motifs is 1. The Morgan fingerprint density at radius 2 is 1.63 bits per heavy atom. The molecule has 2 heterocycles. The van der Waals surface area contributed by atoms with E-state index in [4.69, 9.17) is 0 Å². The lowest BCUT2D eigenvalue weighted by Crippen LogP contribution is -2.48. The first-order valence-corrected chi connectivity index (χ1v) is 15.3. The van der Waals surface area contributed by atoms with E-state index in [1.807, 2.05) is 0 Å². The van der Waals surface area contributed by atoms with Crippen molar-refractivity contribution in [2.75, 3.05) is 13.1 Å². The number of sulfonamides is 1. The number of pyridine rings is 1. The SMILES string of the molecule is CC(C)(C)N(CCNS(=O)(=O)c1ccc(-c2ccnc3c2cc(C(F)F)n3S(=O)(=O)c2ccccc2)cc1)C(=O)O. The third-order valence-electron chi connectivity index (χ3n) is 6.34. The molecule has 0 aliphatic carbocycles. The van der Waals surface area contributed by atoms with Gasteiger partial charge in [0.25, 0.3) is 16.4 Å². The van der Waals surface area contributed by atoms with Crippen molar-refractivity contribution in [3.8, 4) is 11.1 Å². The summed E-state index contributed by atoms with van der Waals surface area (Å²) >= 11 is 0. The summed E-state index contributed by atoms with van der Waals surface area (Å²) < 4.78 is 83.4. The van der Waals surface area contributed by atoms with E-state index in [0.717, 1.165) is 11.0 Å². The van der Waals surface area contributed by atoms with E-state index in [-0.39, 0.29) is 33.9 Å². The lowest BCUT2D eigenvalue weighted by Gasteiger charge is -2.33. The van der Waals surface area contributed by atoms with Crippen LogP contribution in [0.2, 0.25) is 0 Å². The number of aromatic nitrogens is 2. The lowest BCUT2D eigenvalue weighted by atomic mass is 10.0. The average molecular weight is 607 g/mol. The van der Waals surface area contributed by atoms with Crippen LogP contribution in [0.15, 0.2) is 82.7 Å². The number of nitrogens with one attached hydrogen (secondary N) is 1. The fourth-order valence-electron chi connectivity index (χ4n) is 4.36. The molecule has 2 N–H and O–H groups in total. The molecular formula is C27H28F2N4O6S2. The highest BCUT2D eigenvalue weighted by atomic mass is 32.2. The van der Waals surface area contributed by atoms with E-state index in [2.05, 4.69) is 9.71 Å². The predicted octanol–water partition coefficient (Wildman–Crippen LogP) is 4.93. The molecule has 0 saturated heterocycles. The Morgan fingerprint density at radius 1 is 1.00 bits per heavy atom. The molecule has 14 heteroatoms. The van der Waals surface area contributed by atoms with Gasteiger partial charge in [0.2, 0.25) is 10.0 Å². The van der Waals surface area contributed by atoms with Crippen molar-refractivity contribution in [1.82, 2.24) is 18.6 Å². The van der Waals surface area contributed by atoms with Crippen LogP contribution in [0.25, 0.3) is 22.2 Å². The molecule has 10 nitrogen and oxygen atoms in total. The van der Waals surface area contributed by atoms with Crippen molar-refractivity contribution in [2.45, 2.75) is 42.5 Å². The highest BCUT2D eigenvalue weighted by Gasteiger charge is 2.29. The summed E-state index contributed by atoms with van der Waals surface area (Å²) in [7, 11) is -8.40. The normalized spacial score (nSPS) is 12.6. The van der Waals surface area contributed by atoms with Gasteiger partial charge in [-0.25, -0.2) is 44.1 Å². The minimum absolute atomic E-state index is 0.0690. The number of benzene rings is 2. The Hall–Kier alpha value is -3.88. The molecule has 4 aromatic rings. The van der Waals surface area contributed by atoms with E-state index in [9.17, 15) is 35.5 Å². The van der Waals surface area contributed by atoms with Crippen molar-refractivity contribution >= 4 is 37.2 Å². The molecule has 0 radical (unpaired) electrons. The zero-order valence-corrected chi connectivity index (χ0v) is 24.0. The van der Waals surface area contributed by atoms with E-state index in [0.29, 0.717) is 15.1 Å². The van der Waals surface area contributed by atoms with Crippen molar-refractivity contribution in [3.05, 3.63) is 78.6 Å². The van der Waals surface area contributed by atoms with Gasteiger partial charge >= 0.3 is 6.09 Å². The summed E-state index contributed by atoms with van der Waals surface area (Å²) in [6.07, 6.45) is -3.01. The minimum Gasteiger partial charge on any atom is -0.465 e. The number of nitrogens with zero attached hydrogens (tertiary/aromatic N) is 3. The Bertz CT molecular complexity index is 1790. The zero-order chi connectivity index (χ0) is 30.2. The van der Waals surface area contributed by atoms with Gasteiger partial charge in [0.05, 0.1) is 9.79 Å². The second kappa shape index (κ2) is 11.2. The van der Waals surface area contributed by atoms with Crippen molar-refractivity contribution in [2.24, 2.45) is 0 Å². The molecule has 0 bridgehead atoms. The Labute approximate surface area is 236 Å². The maximum atomic E-state index is 14.1. The van der Waals surface area contributed by atoms with Gasteiger partial charge in [-0.1, -0.05) is 30.3 Å². The van der Waals surface area contributed by atoms with Crippen LogP contribution in [0.1, 0.15) is 32.9 Å². The van der Waals surface area contributed by atoms with Crippen LogP contribution in [0, 0.1) is 0 Å². The summed E-state index contributed by atoms with van der Waals surface area (Å²) in [5.74, 6) is 0. The smallest absolute Gasteiger partial charge is 0.407 e. The molecule has 4 rings (SSSR count). The van der Waals surface area contributed by atoms with Crippen LogP contribution >= 0.6 is 0 Å². The van der Waals surface area contributed by atoms with Gasteiger partial charge in [-0.15, -0.1) is 0 Å². The van der Waals surface area contributed by atoms with Crippen molar-refractivity contribution in [3.63, 3.8) is 0 Å². The molecule has 0 fully saturated rings. The van der Waals surface area contributed by atoms with Crippen molar-refractivity contribution in [1.29, 1.82) is 0 Å². The maximum Gasteiger partial charge on any atom is 0.407 e. The molecule has 0 aliphatic heterocycles. The largest absolute Gasteiger partial charge is 0.465 e. The first-order chi connectivity index (χ1) is 19.1. The quantitative estimate of drug-likeness (QED) is 0.275. The number of hydrogen-bond donors (Lipinski definition) is 2. The van der Waals surface area contributed by atoms with E-state index >= 15 is 0 Å². The first-order valence-electron chi connectivity index (χ1n) is 12.3. The summed E-state index contributed by atoms with van der Waals surface area (Å²) in [4.78, 5) is 16.4. The second-order valence-corrected chi connectivity index (χ2v) is 13.6. The summed E-state index contributed by atoms with van der Waals surface area (Å²) in [5, 5.41) is 9.53. The lowest BCUT2D eigenvalue weighted by molar-refractivity contribution is 0.102. The van der Waals surface area contributed by atoms with Crippen LogP contribution in [-0.2, 0) is 20.0 Å². The van der Waals surface area contributed by atoms with Gasteiger partial charge in [-0.05, 0) is 68.3 Å². The Kier molecular flexibility index (Phi) is 8.21. The average Bonchev–Trinajstić information content (AvgIpc) is 3.32. The second-order valence-electron chi connectivity index (χ2n) is 10.1. The van der Waals surface area contributed by atoms with Gasteiger partial charge in [0.1, 0.15) is 5.69 Å². The third-order valence-corrected chi connectivity index (χ3v) is 9.55. The topological polar surface area (TPSA) is 139 Å². The standard InChI is InChI=1S/C27H28F2N4O6S2/c1-27(2,3)32(26(34)35)16-15-31-40(36,37)19-11-9-18(10-12-19)21-13-14-30-25-22(21)17-23(24(28)29)33(25)41(38,39)20-7-5-4-6-8-20/h4-14,17,24,31H,15-16H2,1-3H3,(H,34,35). The molecule has 41 heavy (non-hydrogen) atoms. The van der Waals surface area contributed by atoms with Gasteiger partial charge in [-0.3, -0.25) is 0 Å². The summed E-state index contributed by atoms with van der Waals surface area (Å²) in [6, 6.07) is 15.3. The van der Waals surface area contributed by atoms with Crippen LogP contribution in [0.3, 0.4) is 0 Å². The molecular weight excluding hydrogens is 578 g/mol. The predicted molar refractivity (Wildman–Crippen MR) is 149 cm³/mol. The Balaban J connectivity index is 1.67. The number of amides is 1. The molecule has 0 unspecified atom stereocenters. The molecule has 2 aromatic carbocycles. The monoisotopic (exact) mass is 606 g/mol.